The predicted octanol–water partition coefficient (Wildman–Crippen LogP) is -2.02. The maximum atomic E-state index is 8.49. The largest absolute Gasteiger partial charge is 0.465 e. The molecule has 0 aromatic heterocycles. The van der Waals surface area contributed by atoms with Crippen LogP contribution in [0, 0.1) is 10.2 Å². The number of rotatable bonds is 1. The van der Waals surface area contributed by atoms with Crippen LogP contribution in [0.1, 0.15) is 0 Å². The van der Waals surface area contributed by atoms with Crippen LogP contribution in [-0.2, 0) is 4.74 Å². The van der Waals surface area contributed by atoms with Crippen molar-refractivity contribution in [2.24, 2.45) is 0 Å². The molecule has 2 rings (SSSR count). The lowest BCUT2D eigenvalue weighted by atomic mass is 10.1. The van der Waals surface area contributed by atoms with Gasteiger partial charge < -0.3 is 4.74 Å². The van der Waals surface area contributed by atoms with Crippen LogP contribution in [0.15, 0.2) is 72.3 Å². The fourth-order valence-corrected chi connectivity index (χ4v) is 1.51. The Kier molecular flexibility index (Phi) is 6.97. The third-order valence-corrected chi connectivity index (χ3v) is 2.50. The second kappa shape index (κ2) is 8.47. The highest BCUT2D eigenvalue weighted by Crippen LogP contribution is 2.10. The minimum absolute atomic E-state index is 0.851. The van der Waals surface area contributed by atoms with Crippen molar-refractivity contribution in [3.05, 3.63) is 72.3 Å². The summed E-state index contributed by atoms with van der Waals surface area (Å²) >= 11 is 0. The second-order valence-corrected chi connectivity index (χ2v) is 5.16. The summed E-state index contributed by atoms with van der Waals surface area (Å²) in [6.07, 6.45) is 19.8. The number of allylic oxidation sites excluding steroid dienone is 10. The van der Waals surface area contributed by atoms with Gasteiger partial charge in [-0.2, -0.15) is 0 Å². The van der Waals surface area contributed by atoms with Crippen LogP contribution in [0.25, 0.3) is 0 Å². The quantitative estimate of drug-likeness (QED) is 0.518. The average molecular weight is 326 g/mol. The van der Waals surface area contributed by atoms with Crippen LogP contribution in [0.2, 0.25) is 0 Å². The lowest BCUT2D eigenvalue weighted by Crippen LogP contribution is -2.68. The lowest BCUT2D eigenvalue weighted by molar-refractivity contribution is -2.00. The van der Waals surface area contributed by atoms with E-state index in [0.29, 0.717) is 0 Å². The smallest absolute Gasteiger partial charge is 0.199 e. The molecule has 0 fully saturated rings. The maximum Gasteiger partial charge on any atom is 0.199 e. The van der Waals surface area contributed by atoms with Crippen molar-refractivity contribution in [2.75, 3.05) is 14.1 Å². The molecule has 0 saturated heterocycles. The zero-order chi connectivity index (χ0) is 16.6. The van der Waals surface area contributed by atoms with Gasteiger partial charge in [-0.05, 0) is 36.0 Å². The highest BCUT2D eigenvalue weighted by Gasteiger charge is 2.03. The van der Waals surface area contributed by atoms with E-state index in [1.54, 1.807) is 6.26 Å². The molecule has 1 aliphatic heterocycles. The Bertz CT molecular complexity index is 576. The van der Waals surface area contributed by atoms with E-state index in [4.69, 9.17) is 23.4 Å². The molecule has 1 heterocycles. The summed E-state index contributed by atoms with van der Waals surface area (Å²) in [4.78, 5) is 0. The van der Waals surface area contributed by atoms with E-state index < -0.39 is 10.2 Å². The van der Waals surface area contributed by atoms with Gasteiger partial charge in [-0.25, -0.2) is 23.2 Å². The van der Waals surface area contributed by atoms with Crippen LogP contribution >= 0.6 is 0 Å². The highest BCUT2D eigenvalue weighted by atomic mass is 35.7. The van der Waals surface area contributed by atoms with Crippen molar-refractivity contribution < 1.29 is 38.2 Å². The number of hydrogen-bond acceptors (Lipinski definition) is 5. The fourth-order valence-electron chi connectivity index (χ4n) is 1.51. The molecule has 0 amide bonds. The van der Waals surface area contributed by atoms with E-state index in [0.717, 1.165) is 11.3 Å². The van der Waals surface area contributed by atoms with E-state index >= 15 is 0 Å². The Morgan fingerprint density at radius 1 is 0.909 bits per heavy atom. The number of ether oxygens (including phenoxy) is 1. The van der Waals surface area contributed by atoms with Gasteiger partial charge >= 0.3 is 0 Å². The van der Waals surface area contributed by atoms with Crippen LogP contribution in [-0.4, -0.2) is 24.4 Å². The number of halogens is 1. The summed E-state index contributed by atoms with van der Waals surface area (Å²) in [6.45, 7) is 0. The summed E-state index contributed by atoms with van der Waals surface area (Å²) in [5.41, 5.74) is 2.36. The van der Waals surface area contributed by atoms with Gasteiger partial charge in [-0.3, -0.25) is 0 Å². The van der Waals surface area contributed by atoms with Gasteiger partial charge in [0.1, 0.15) is 19.9 Å². The Morgan fingerprint density at radius 2 is 1.50 bits per heavy atom. The first kappa shape index (κ1) is 18.1. The number of hydrogen-bond donors (Lipinski definition) is 0. The van der Waals surface area contributed by atoms with Crippen molar-refractivity contribution in [2.45, 2.75) is 0 Å². The first-order valence-corrected chi connectivity index (χ1v) is 7.43. The maximum absolute atomic E-state index is 8.49. The summed E-state index contributed by atoms with van der Waals surface area (Å²) in [5, 5.41) is 0. The van der Waals surface area contributed by atoms with Gasteiger partial charge in [0.25, 0.3) is 0 Å². The predicted molar refractivity (Wildman–Crippen MR) is 70.9 cm³/mol. The van der Waals surface area contributed by atoms with Gasteiger partial charge in [0.2, 0.25) is 0 Å². The molecule has 0 atom stereocenters. The molecular formula is C15H16ClNO5. The molecule has 0 spiro atoms. The highest BCUT2D eigenvalue weighted by molar-refractivity contribution is 6.02. The molecule has 22 heavy (non-hydrogen) atoms. The third-order valence-electron chi connectivity index (χ3n) is 2.50. The molecular weight excluding hydrogens is 310 g/mol. The Hall–Kier alpha value is -1.96. The van der Waals surface area contributed by atoms with Gasteiger partial charge in [0, 0.05) is 12.2 Å². The molecule has 7 heteroatoms. The van der Waals surface area contributed by atoms with Crippen LogP contribution in [0.3, 0.4) is 0 Å². The summed E-state index contributed by atoms with van der Waals surface area (Å²) in [5.74, 6) is 0.851. The van der Waals surface area contributed by atoms with Crippen molar-refractivity contribution in [1.82, 2.24) is 0 Å². The Balaban J connectivity index is 0.000000422. The molecule has 1 aliphatic carbocycles. The molecule has 2 aliphatic rings. The van der Waals surface area contributed by atoms with Gasteiger partial charge in [-0.1, -0.05) is 12.2 Å². The molecule has 0 saturated carbocycles. The zero-order valence-corrected chi connectivity index (χ0v) is 12.9. The van der Waals surface area contributed by atoms with E-state index in [-0.39, 0.29) is 0 Å². The van der Waals surface area contributed by atoms with Crippen LogP contribution < -0.4 is 18.6 Å². The van der Waals surface area contributed by atoms with Gasteiger partial charge in [-0.15, -0.1) is 10.2 Å². The molecule has 0 N–H and O–H groups in total. The summed E-state index contributed by atoms with van der Waals surface area (Å²) in [6, 6.07) is 0. The molecule has 0 aromatic rings. The van der Waals surface area contributed by atoms with Crippen molar-refractivity contribution >= 4 is 5.71 Å². The molecule has 6 nitrogen and oxygen atoms in total. The van der Waals surface area contributed by atoms with E-state index in [1.165, 1.54) is 5.71 Å². The molecule has 0 unspecified atom stereocenters. The van der Waals surface area contributed by atoms with Crippen LogP contribution in [0.4, 0.5) is 0 Å². The van der Waals surface area contributed by atoms with Crippen LogP contribution in [0.5, 0.6) is 0 Å². The topological polar surface area (TPSA) is 104 Å². The summed E-state index contributed by atoms with van der Waals surface area (Å²) < 4.78 is 41.4. The molecule has 118 valence electrons. The summed E-state index contributed by atoms with van der Waals surface area (Å²) in [7, 11) is -0.874. The standard InChI is InChI=1S/C15H16NO.ClHO4/c1-16(2)14-9-6-13(7-10-14)8-11-15-5-3-4-12-17-15;2-1(3,4)5/h3-12H,1-2H3;(H,2,3,4,5)/q+1;/p-1/b15-11+;. The van der Waals surface area contributed by atoms with Crippen molar-refractivity contribution in [1.29, 1.82) is 0 Å². The number of nitrogens with zero attached hydrogens (tertiary/aromatic N) is 1. The van der Waals surface area contributed by atoms with Crippen molar-refractivity contribution in [3.8, 4) is 0 Å². The average Bonchev–Trinajstić information content (AvgIpc) is 2.45. The minimum Gasteiger partial charge on any atom is -0.465 e. The minimum atomic E-state index is -4.94. The monoisotopic (exact) mass is 325 g/mol. The van der Waals surface area contributed by atoms with Gasteiger partial charge in [0.15, 0.2) is 5.71 Å². The molecule has 0 radical (unpaired) electrons. The molecule has 0 aromatic carbocycles. The van der Waals surface area contributed by atoms with E-state index in [1.807, 2.05) is 44.5 Å². The van der Waals surface area contributed by atoms with Crippen molar-refractivity contribution in [3.63, 3.8) is 0 Å². The zero-order valence-electron chi connectivity index (χ0n) is 12.1. The first-order valence-electron chi connectivity index (χ1n) is 6.20. The van der Waals surface area contributed by atoms with Gasteiger partial charge in [0.05, 0.1) is 6.26 Å². The Labute approximate surface area is 131 Å². The third kappa shape index (κ3) is 8.35. The first-order chi connectivity index (χ1) is 10.3. The van der Waals surface area contributed by atoms with E-state index in [2.05, 4.69) is 28.9 Å². The fraction of sp³-hybridized carbons (Fsp3) is 0.133. The molecule has 0 bridgehead atoms. The lowest BCUT2D eigenvalue weighted by Gasteiger charge is -2.17. The normalized spacial score (nSPS) is 18.0. The Morgan fingerprint density at radius 3 is 1.95 bits per heavy atom. The SMILES string of the molecule is C[N+](C)=C1C=CC(=C/C=C2\C=CC=CO2)C=C1.[O-][Cl+3]([O-])([O-])[O-]. The van der Waals surface area contributed by atoms with E-state index in [9.17, 15) is 0 Å². The second-order valence-electron chi connectivity index (χ2n) is 4.41.